The van der Waals surface area contributed by atoms with Crippen LogP contribution in [-0.4, -0.2) is 52.3 Å². The summed E-state index contributed by atoms with van der Waals surface area (Å²) in [7, 11) is 0. The van der Waals surface area contributed by atoms with Gasteiger partial charge in [0.1, 0.15) is 12.1 Å². The number of hydrogen-bond acceptors (Lipinski definition) is 3. The Morgan fingerprint density at radius 3 is 2.54 bits per heavy atom. The molecule has 1 aliphatic carbocycles. The van der Waals surface area contributed by atoms with Gasteiger partial charge in [0.25, 0.3) is 5.91 Å². The van der Waals surface area contributed by atoms with E-state index in [9.17, 15) is 14.4 Å². The molecule has 1 atom stereocenters. The van der Waals surface area contributed by atoms with Crippen molar-refractivity contribution in [2.45, 2.75) is 76.8 Å². The highest BCUT2D eigenvalue weighted by atomic mass is 16.2. The number of imide groups is 1. The van der Waals surface area contributed by atoms with E-state index >= 15 is 0 Å². The third-order valence-electron chi connectivity index (χ3n) is 6.20. The monoisotopic (exact) mass is 335 g/mol. The highest BCUT2D eigenvalue weighted by Crippen LogP contribution is 2.37. The molecular weight excluding hydrogens is 306 g/mol. The van der Waals surface area contributed by atoms with Crippen molar-refractivity contribution in [2.24, 2.45) is 5.92 Å². The number of carbonyl (C=O) groups is 3. The lowest BCUT2D eigenvalue weighted by Crippen LogP contribution is -2.51. The number of nitrogens with zero attached hydrogens (tertiary/aromatic N) is 2. The summed E-state index contributed by atoms with van der Waals surface area (Å²) in [5.41, 5.74) is -0.753. The van der Waals surface area contributed by atoms with Crippen LogP contribution in [0.2, 0.25) is 0 Å². The molecule has 4 amide bonds. The molecule has 0 unspecified atom stereocenters. The van der Waals surface area contributed by atoms with Gasteiger partial charge in [0.15, 0.2) is 0 Å². The first-order chi connectivity index (χ1) is 11.5. The quantitative estimate of drug-likeness (QED) is 0.805. The van der Waals surface area contributed by atoms with Crippen molar-refractivity contribution in [3.8, 4) is 0 Å². The molecule has 0 aromatic carbocycles. The Balaban J connectivity index is 1.65. The molecule has 2 saturated heterocycles. The van der Waals surface area contributed by atoms with E-state index in [-0.39, 0.29) is 24.4 Å². The number of amides is 4. The van der Waals surface area contributed by atoms with Crippen LogP contribution in [0.1, 0.15) is 65.2 Å². The second-order valence-electron chi connectivity index (χ2n) is 7.69. The summed E-state index contributed by atoms with van der Waals surface area (Å²) in [6, 6.07) is -0.200. The van der Waals surface area contributed by atoms with Gasteiger partial charge in [-0.3, -0.25) is 14.5 Å². The minimum atomic E-state index is -0.753. The lowest BCUT2D eigenvalue weighted by atomic mass is 9.75. The van der Waals surface area contributed by atoms with E-state index in [2.05, 4.69) is 12.2 Å². The van der Waals surface area contributed by atoms with Crippen molar-refractivity contribution in [2.75, 3.05) is 13.1 Å². The van der Waals surface area contributed by atoms with Gasteiger partial charge in [-0.1, -0.05) is 13.3 Å². The summed E-state index contributed by atoms with van der Waals surface area (Å²) in [6.45, 7) is 4.82. The lowest BCUT2D eigenvalue weighted by Gasteiger charge is -2.35. The number of nitrogens with one attached hydrogen (secondary N) is 1. The highest BCUT2D eigenvalue weighted by Gasteiger charge is 2.52. The summed E-state index contributed by atoms with van der Waals surface area (Å²) < 4.78 is 0. The van der Waals surface area contributed by atoms with Gasteiger partial charge in [0, 0.05) is 12.6 Å². The van der Waals surface area contributed by atoms with Crippen LogP contribution >= 0.6 is 0 Å². The zero-order valence-corrected chi connectivity index (χ0v) is 14.8. The van der Waals surface area contributed by atoms with Gasteiger partial charge in [-0.2, -0.15) is 0 Å². The van der Waals surface area contributed by atoms with E-state index in [0.29, 0.717) is 18.8 Å². The van der Waals surface area contributed by atoms with E-state index in [1.165, 1.54) is 0 Å². The Bertz CT molecular complexity index is 526. The number of hydrogen-bond donors (Lipinski definition) is 1. The summed E-state index contributed by atoms with van der Waals surface area (Å²) in [5.74, 6) is 0.343. The fraction of sp³-hybridized carbons (Fsp3) is 0.833. The predicted octanol–water partition coefficient (Wildman–Crippen LogP) is 2.28. The third-order valence-corrected chi connectivity index (χ3v) is 6.20. The van der Waals surface area contributed by atoms with Crippen molar-refractivity contribution in [3.05, 3.63) is 0 Å². The largest absolute Gasteiger partial charge is 0.338 e. The second-order valence-corrected chi connectivity index (χ2v) is 7.69. The molecule has 1 saturated carbocycles. The van der Waals surface area contributed by atoms with Gasteiger partial charge in [0.2, 0.25) is 5.91 Å². The van der Waals surface area contributed by atoms with E-state index in [0.717, 1.165) is 50.0 Å². The Morgan fingerprint density at radius 1 is 1.21 bits per heavy atom. The van der Waals surface area contributed by atoms with Crippen molar-refractivity contribution in [1.82, 2.24) is 15.1 Å². The minimum Gasteiger partial charge on any atom is -0.338 e. The molecule has 1 N–H and O–H groups in total. The first-order valence-electron chi connectivity index (χ1n) is 9.40. The van der Waals surface area contributed by atoms with Crippen LogP contribution in [0.4, 0.5) is 4.79 Å². The number of piperidine rings is 1. The van der Waals surface area contributed by atoms with Gasteiger partial charge in [-0.25, -0.2) is 4.79 Å². The van der Waals surface area contributed by atoms with E-state index in [4.69, 9.17) is 0 Å². The van der Waals surface area contributed by atoms with Crippen LogP contribution < -0.4 is 5.32 Å². The Hall–Kier alpha value is -1.59. The zero-order chi connectivity index (χ0) is 17.3. The minimum absolute atomic E-state index is 0.106. The van der Waals surface area contributed by atoms with E-state index in [1.807, 2.05) is 11.8 Å². The SMILES string of the molecule is CCC1CCC2(CC1)NC(=O)N(CC(=O)N1CCCC[C@H]1C)C2=O. The molecule has 3 rings (SSSR count). The third kappa shape index (κ3) is 3.03. The molecule has 134 valence electrons. The molecule has 2 aliphatic heterocycles. The van der Waals surface area contributed by atoms with Crippen molar-refractivity contribution >= 4 is 17.8 Å². The maximum absolute atomic E-state index is 12.9. The predicted molar refractivity (Wildman–Crippen MR) is 90.3 cm³/mol. The molecule has 0 radical (unpaired) electrons. The number of rotatable bonds is 3. The summed E-state index contributed by atoms with van der Waals surface area (Å²) in [6.07, 6.45) is 7.57. The fourth-order valence-corrected chi connectivity index (χ4v) is 4.43. The van der Waals surface area contributed by atoms with E-state index < -0.39 is 11.6 Å². The van der Waals surface area contributed by atoms with Gasteiger partial charge in [-0.05, 0) is 57.8 Å². The van der Waals surface area contributed by atoms with Crippen LogP contribution in [0, 0.1) is 5.92 Å². The zero-order valence-electron chi connectivity index (χ0n) is 14.8. The lowest BCUT2D eigenvalue weighted by molar-refractivity contribution is -0.141. The standard InChI is InChI=1S/C18H29N3O3/c1-3-14-7-9-18(10-8-14)16(23)21(17(24)19-18)12-15(22)20-11-5-4-6-13(20)2/h13-14H,3-12H2,1-2H3,(H,19,24)/t13-,14?,18?/m1/s1. The van der Waals surface area contributed by atoms with Crippen LogP contribution in [0.5, 0.6) is 0 Å². The molecular formula is C18H29N3O3. The summed E-state index contributed by atoms with van der Waals surface area (Å²) in [5, 5.41) is 2.90. The molecule has 1 spiro atoms. The normalized spacial score (nSPS) is 33.9. The molecule has 0 aromatic rings. The number of urea groups is 1. The maximum atomic E-state index is 12.9. The van der Waals surface area contributed by atoms with E-state index in [1.54, 1.807) is 0 Å². The second kappa shape index (κ2) is 6.73. The smallest absolute Gasteiger partial charge is 0.325 e. The molecule has 3 aliphatic rings. The first-order valence-corrected chi connectivity index (χ1v) is 9.40. The molecule has 24 heavy (non-hydrogen) atoms. The van der Waals surface area contributed by atoms with Crippen LogP contribution in [0.25, 0.3) is 0 Å². The Morgan fingerprint density at radius 2 is 1.92 bits per heavy atom. The molecule has 3 fully saturated rings. The van der Waals surface area contributed by atoms with Crippen molar-refractivity contribution in [1.29, 1.82) is 0 Å². The summed E-state index contributed by atoms with van der Waals surface area (Å²) in [4.78, 5) is 40.7. The topological polar surface area (TPSA) is 69.7 Å². The van der Waals surface area contributed by atoms with Gasteiger partial charge < -0.3 is 10.2 Å². The summed E-state index contributed by atoms with van der Waals surface area (Å²) >= 11 is 0. The maximum Gasteiger partial charge on any atom is 0.325 e. The van der Waals surface area contributed by atoms with Crippen LogP contribution in [0.15, 0.2) is 0 Å². The van der Waals surface area contributed by atoms with Crippen molar-refractivity contribution in [3.63, 3.8) is 0 Å². The molecule has 6 nitrogen and oxygen atoms in total. The van der Waals surface area contributed by atoms with Crippen LogP contribution in [0.3, 0.4) is 0 Å². The van der Waals surface area contributed by atoms with Gasteiger partial charge in [0.05, 0.1) is 0 Å². The Kier molecular flexibility index (Phi) is 4.83. The molecule has 2 heterocycles. The van der Waals surface area contributed by atoms with Gasteiger partial charge in [-0.15, -0.1) is 0 Å². The Labute approximate surface area is 143 Å². The average molecular weight is 335 g/mol. The van der Waals surface area contributed by atoms with Crippen molar-refractivity contribution < 1.29 is 14.4 Å². The molecule has 0 aromatic heterocycles. The number of carbonyl (C=O) groups excluding carboxylic acids is 3. The fourth-order valence-electron chi connectivity index (χ4n) is 4.43. The first kappa shape index (κ1) is 17.2. The van der Waals surface area contributed by atoms with Crippen LogP contribution in [-0.2, 0) is 9.59 Å². The highest BCUT2D eigenvalue weighted by molar-refractivity contribution is 6.09. The van der Waals surface area contributed by atoms with Gasteiger partial charge >= 0.3 is 6.03 Å². The molecule has 6 heteroatoms. The molecule has 0 bridgehead atoms. The average Bonchev–Trinajstić information content (AvgIpc) is 2.80. The number of likely N-dealkylation sites (tertiary alicyclic amines) is 1.